The van der Waals surface area contributed by atoms with Gasteiger partial charge in [0.05, 0.1) is 7.05 Å². The van der Waals surface area contributed by atoms with Gasteiger partial charge in [-0.05, 0) is 91.3 Å². The number of rotatable bonds is 2. The molecule has 2 heterocycles. The fourth-order valence-electron chi connectivity index (χ4n) is 7.18. The van der Waals surface area contributed by atoms with E-state index >= 15 is 0 Å². The molecule has 0 spiro atoms. The molecular formula is C37H31N2O+. The quantitative estimate of drug-likeness (QED) is 0.209. The van der Waals surface area contributed by atoms with Crippen LogP contribution in [0.15, 0.2) is 89.3 Å². The monoisotopic (exact) mass is 519 g/mol. The minimum Gasteiger partial charge on any atom is -0.455 e. The smallest absolute Gasteiger partial charge is 0.299 e. The van der Waals surface area contributed by atoms with Gasteiger partial charge < -0.3 is 4.42 Å². The van der Waals surface area contributed by atoms with Crippen molar-refractivity contribution >= 4 is 33.0 Å². The summed E-state index contributed by atoms with van der Waals surface area (Å²) in [7, 11) is 2.21. The first-order chi connectivity index (χ1) is 19.4. The number of aromatic nitrogens is 2. The maximum atomic E-state index is 6.64. The molecule has 0 fully saturated rings. The van der Waals surface area contributed by atoms with Crippen molar-refractivity contribution in [3.8, 4) is 28.2 Å². The fraction of sp³-hybridized carbons (Fsp3) is 0.162. The van der Waals surface area contributed by atoms with Gasteiger partial charge in [0.25, 0.3) is 5.82 Å². The van der Waals surface area contributed by atoms with Crippen molar-refractivity contribution in [1.82, 2.24) is 4.57 Å². The maximum absolute atomic E-state index is 6.64. The zero-order valence-electron chi connectivity index (χ0n) is 23.6. The van der Waals surface area contributed by atoms with Crippen molar-refractivity contribution in [2.45, 2.75) is 34.1 Å². The van der Waals surface area contributed by atoms with Crippen molar-refractivity contribution in [2.75, 3.05) is 0 Å². The van der Waals surface area contributed by atoms with Crippen LogP contribution in [0.5, 0.6) is 0 Å². The predicted octanol–water partition coefficient (Wildman–Crippen LogP) is 8.83. The average molecular weight is 520 g/mol. The van der Waals surface area contributed by atoms with Gasteiger partial charge in [0, 0.05) is 10.8 Å². The first-order valence-corrected chi connectivity index (χ1v) is 14.1. The van der Waals surface area contributed by atoms with Gasteiger partial charge in [-0.3, -0.25) is 0 Å². The number of hydrogen-bond donors (Lipinski definition) is 0. The molecule has 3 heteroatoms. The van der Waals surface area contributed by atoms with Crippen LogP contribution < -0.4 is 4.57 Å². The molecule has 194 valence electrons. The molecule has 1 aliphatic rings. The fourth-order valence-corrected chi connectivity index (χ4v) is 7.18. The Kier molecular flexibility index (Phi) is 4.76. The minimum atomic E-state index is 0.924. The molecule has 3 nitrogen and oxygen atoms in total. The predicted molar refractivity (Wildman–Crippen MR) is 164 cm³/mol. The third-order valence-corrected chi connectivity index (χ3v) is 8.86. The van der Waals surface area contributed by atoms with Crippen LogP contribution in [0, 0.1) is 27.7 Å². The normalized spacial score (nSPS) is 12.5. The van der Waals surface area contributed by atoms with Gasteiger partial charge in [0.1, 0.15) is 16.8 Å². The molecule has 0 atom stereocenters. The summed E-state index contributed by atoms with van der Waals surface area (Å²) in [6.07, 6.45) is 0.968. The van der Waals surface area contributed by atoms with E-state index in [4.69, 9.17) is 4.42 Å². The Morgan fingerprint density at radius 1 is 0.700 bits per heavy atom. The molecular weight excluding hydrogens is 488 g/mol. The minimum absolute atomic E-state index is 0.924. The Labute approximate surface area is 233 Å². The molecule has 0 bridgehead atoms. The Balaban J connectivity index is 1.55. The van der Waals surface area contributed by atoms with Crippen LogP contribution in [0.1, 0.15) is 33.4 Å². The van der Waals surface area contributed by atoms with Crippen LogP contribution in [0.2, 0.25) is 0 Å². The van der Waals surface area contributed by atoms with Crippen LogP contribution in [0.3, 0.4) is 0 Å². The first-order valence-electron chi connectivity index (χ1n) is 14.1. The highest BCUT2D eigenvalue weighted by atomic mass is 16.3. The second-order valence-corrected chi connectivity index (χ2v) is 11.5. The van der Waals surface area contributed by atoms with E-state index in [1.165, 1.54) is 61.2 Å². The maximum Gasteiger partial charge on any atom is 0.299 e. The number of imidazole rings is 1. The second-order valence-electron chi connectivity index (χ2n) is 11.5. The molecule has 0 aliphatic heterocycles. The van der Waals surface area contributed by atoms with Crippen molar-refractivity contribution < 1.29 is 8.98 Å². The summed E-state index contributed by atoms with van der Waals surface area (Å²) in [6, 6.07) is 31.1. The van der Waals surface area contributed by atoms with Gasteiger partial charge >= 0.3 is 0 Å². The lowest BCUT2D eigenvalue weighted by Gasteiger charge is -2.12. The van der Waals surface area contributed by atoms with E-state index in [-0.39, 0.29) is 0 Å². The lowest BCUT2D eigenvalue weighted by molar-refractivity contribution is -0.633. The van der Waals surface area contributed by atoms with E-state index in [9.17, 15) is 0 Å². The number of fused-ring (bicyclic) bond motifs is 7. The third kappa shape index (κ3) is 3.09. The van der Waals surface area contributed by atoms with Gasteiger partial charge in [-0.25, -0.2) is 4.57 Å². The molecule has 0 amide bonds. The molecule has 0 saturated heterocycles. The Hall–Kier alpha value is -4.63. The van der Waals surface area contributed by atoms with E-state index < -0.39 is 0 Å². The summed E-state index contributed by atoms with van der Waals surface area (Å²) >= 11 is 0. The molecule has 8 rings (SSSR count). The van der Waals surface area contributed by atoms with Gasteiger partial charge in [0.2, 0.25) is 0 Å². The second kappa shape index (κ2) is 8.19. The number of hydrogen-bond acceptors (Lipinski definition) is 1. The standard InChI is InChI=1S/C37H31N2O/c1-21-16-23(3)35(24(4)17-21)39-32-19-26-18-25-10-6-7-11-27(25)30(26)20-31(32)38(5)37(39)34-22(2)14-15-29-28-12-8-9-13-33(28)40-36(29)34/h6-17,19-20H,18H2,1-5H3/q+1. The summed E-state index contributed by atoms with van der Waals surface area (Å²) in [4.78, 5) is 0. The van der Waals surface area contributed by atoms with Gasteiger partial charge in [-0.1, -0.05) is 72.3 Å². The lowest BCUT2D eigenvalue weighted by atomic mass is 10.0. The SMILES string of the molecule is Cc1cc(C)c(-n2c(-c3c(C)ccc4c3oc3ccccc34)[n+](C)c3cc4c(cc32)Cc2ccccc2-4)c(C)c1. The molecule has 5 aromatic carbocycles. The Morgan fingerprint density at radius 3 is 2.27 bits per heavy atom. The van der Waals surface area contributed by atoms with Crippen molar-refractivity contribution in [3.05, 3.63) is 118 Å². The van der Waals surface area contributed by atoms with Gasteiger partial charge in [-0.2, -0.15) is 4.57 Å². The summed E-state index contributed by atoms with van der Waals surface area (Å²) in [5.41, 5.74) is 17.2. The van der Waals surface area contributed by atoms with Crippen LogP contribution in [-0.2, 0) is 13.5 Å². The first kappa shape index (κ1) is 23.3. The molecule has 0 N–H and O–H groups in total. The number of furan rings is 1. The highest BCUT2D eigenvalue weighted by molar-refractivity contribution is 6.10. The van der Waals surface area contributed by atoms with Crippen LogP contribution >= 0.6 is 0 Å². The van der Waals surface area contributed by atoms with E-state index in [1.807, 2.05) is 6.07 Å². The van der Waals surface area contributed by atoms with Crippen molar-refractivity contribution in [2.24, 2.45) is 7.05 Å². The van der Waals surface area contributed by atoms with Crippen molar-refractivity contribution in [1.29, 1.82) is 0 Å². The molecule has 0 unspecified atom stereocenters. The Morgan fingerprint density at radius 2 is 1.45 bits per heavy atom. The van der Waals surface area contributed by atoms with E-state index in [1.54, 1.807) is 0 Å². The zero-order valence-corrected chi connectivity index (χ0v) is 23.6. The number of nitrogens with zero attached hydrogens (tertiary/aromatic N) is 2. The highest BCUT2D eigenvalue weighted by Crippen LogP contribution is 2.43. The van der Waals surface area contributed by atoms with Crippen LogP contribution in [0.25, 0.3) is 61.2 Å². The van der Waals surface area contributed by atoms with E-state index in [0.29, 0.717) is 0 Å². The van der Waals surface area contributed by atoms with Gasteiger partial charge in [-0.15, -0.1) is 0 Å². The van der Waals surface area contributed by atoms with E-state index in [2.05, 4.69) is 123 Å². The summed E-state index contributed by atoms with van der Waals surface area (Å²) in [5.74, 6) is 1.14. The molecule has 0 radical (unpaired) electrons. The average Bonchev–Trinajstić information content (AvgIpc) is 3.57. The summed E-state index contributed by atoms with van der Waals surface area (Å²) in [5, 5.41) is 2.31. The lowest BCUT2D eigenvalue weighted by Crippen LogP contribution is -2.30. The number of benzene rings is 5. The number of aryl methyl sites for hydroxylation is 5. The van der Waals surface area contributed by atoms with Crippen LogP contribution in [0.4, 0.5) is 0 Å². The highest BCUT2D eigenvalue weighted by Gasteiger charge is 2.33. The third-order valence-electron chi connectivity index (χ3n) is 8.86. The topological polar surface area (TPSA) is 21.9 Å². The zero-order chi connectivity index (χ0) is 27.3. The molecule has 7 aromatic rings. The molecule has 2 aromatic heterocycles. The van der Waals surface area contributed by atoms with Crippen molar-refractivity contribution in [3.63, 3.8) is 0 Å². The molecule has 0 saturated carbocycles. The van der Waals surface area contributed by atoms with Crippen LogP contribution in [-0.4, -0.2) is 4.57 Å². The largest absolute Gasteiger partial charge is 0.455 e. The Bertz CT molecular complexity index is 2170. The summed E-state index contributed by atoms with van der Waals surface area (Å²) in [6.45, 7) is 8.86. The van der Waals surface area contributed by atoms with E-state index in [0.717, 1.165) is 39.7 Å². The number of para-hydroxylation sites is 1. The summed E-state index contributed by atoms with van der Waals surface area (Å²) < 4.78 is 11.5. The van der Waals surface area contributed by atoms with Gasteiger partial charge in [0.15, 0.2) is 16.6 Å². The molecule has 1 aliphatic carbocycles. The molecule has 40 heavy (non-hydrogen) atoms.